The number of aromatic nitrogens is 4. The average Bonchev–Trinajstić information content (AvgIpc) is 3.36. The molecule has 0 N–H and O–H groups in total. The Hall–Kier alpha value is -5.18. The quantitative estimate of drug-likeness (QED) is 0.240. The van der Waals surface area contributed by atoms with E-state index in [9.17, 15) is 14.0 Å². The Morgan fingerprint density at radius 3 is 2.62 bits per heavy atom. The number of hydrogen-bond acceptors (Lipinski definition) is 7. The first-order valence-corrected chi connectivity index (χ1v) is 11.2. The van der Waals surface area contributed by atoms with Crippen molar-refractivity contribution in [3.05, 3.63) is 101 Å². The van der Waals surface area contributed by atoms with Crippen molar-refractivity contribution in [1.29, 1.82) is 0 Å². The van der Waals surface area contributed by atoms with Crippen LogP contribution in [0.15, 0.2) is 88.3 Å². The summed E-state index contributed by atoms with van der Waals surface area (Å²) in [7, 11) is 1.48. The number of hydrogen-bond donors (Lipinski definition) is 0. The summed E-state index contributed by atoms with van der Waals surface area (Å²) in [6.07, 6.45) is 3.69. The van der Waals surface area contributed by atoms with Crippen molar-refractivity contribution >= 4 is 28.3 Å². The van der Waals surface area contributed by atoms with Crippen molar-refractivity contribution in [3.8, 4) is 34.0 Å². The fourth-order valence-electron chi connectivity index (χ4n) is 4.27. The lowest BCUT2D eigenvalue weighted by molar-refractivity contribution is 0.112. The van der Waals surface area contributed by atoms with Gasteiger partial charge in [-0.2, -0.15) is 5.10 Å². The molecule has 4 aromatic heterocycles. The largest absolute Gasteiger partial charge is 0.493 e. The maximum atomic E-state index is 14.1. The van der Waals surface area contributed by atoms with Crippen LogP contribution in [0.1, 0.15) is 10.4 Å². The summed E-state index contributed by atoms with van der Waals surface area (Å²) in [5, 5.41) is 5.91. The van der Waals surface area contributed by atoms with Gasteiger partial charge in [0.1, 0.15) is 11.5 Å². The first-order chi connectivity index (χ1) is 18.1. The van der Waals surface area contributed by atoms with E-state index < -0.39 is 11.4 Å². The van der Waals surface area contributed by atoms with Crippen LogP contribution in [0.3, 0.4) is 0 Å². The summed E-state index contributed by atoms with van der Waals surface area (Å²) >= 11 is 0. The predicted octanol–water partition coefficient (Wildman–Crippen LogP) is 5.22. The molecule has 0 aliphatic carbocycles. The van der Waals surface area contributed by atoms with Crippen LogP contribution in [0.5, 0.6) is 5.75 Å². The highest BCUT2D eigenvalue weighted by molar-refractivity contribution is 5.91. The number of carbonyl (C=O) groups is 1. The fraction of sp³-hybridized carbons (Fsp3) is 0.0357. The van der Waals surface area contributed by atoms with Gasteiger partial charge in [0.25, 0.3) is 0 Å². The molecule has 0 aliphatic rings. The van der Waals surface area contributed by atoms with Gasteiger partial charge < -0.3 is 9.15 Å². The van der Waals surface area contributed by atoms with Gasteiger partial charge in [0, 0.05) is 28.7 Å². The van der Waals surface area contributed by atoms with Crippen molar-refractivity contribution < 1.29 is 18.3 Å². The monoisotopic (exact) mass is 492 g/mol. The van der Waals surface area contributed by atoms with Crippen molar-refractivity contribution in [1.82, 2.24) is 19.7 Å². The van der Waals surface area contributed by atoms with E-state index in [4.69, 9.17) is 9.15 Å². The summed E-state index contributed by atoms with van der Waals surface area (Å²) in [6, 6.07) is 18.4. The third kappa shape index (κ3) is 3.82. The van der Waals surface area contributed by atoms with Gasteiger partial charge in [-0.15, -0.1) is 0 Å². The van der Waals surface area contributed by atoms with Crippen LogP contribution in [0.25, 0.3) is 50.2 Å². The molecule has 0 atom stereocenters. The third-order valence-corrected chi connectivity index (χ3v) is 5.99. The Kier molecular flexibility index (Phi) is 5.30. The average molecular weight is 492 g/mol. The number of ether oxygens (including phenoxy) is 1. The zero-order chi connectivity index (χ0) is 25.5. The third-order valence-electron chi connectivity index (χ3n) is 5.99. The molecule has 8 nitrogen and oxygen atoms in total. The minimum Gasteiger partial charge on any atom is -0.493 e. The van der Waals surface area contributed by atoms with E-state index in [0.717, 1.165) is 5.39 Å². The smallest absolute Gasteiger partial charge is 0.346 e. The van der Waals surface area contributed by atoms with Crippen LogP contribution in [-0.4, -0.2) is 33.1 Å². The highest BCUT2D eigenvalue weighted by Gasteiger charge is 2.21. The molecule has 2 aromatic carbocycles. The second-order valence-corrected chi connectivity index (χ2v) is 8.24. The lowest BCUT2D eigenvalue weighted by Crippen LogP contribution is -2.06. The number of carbonyl (C=O) groups excluding carboxylic acids is 1. The van der Waals surface area contributed by atoms with Gasteiger partial charge >= 0.3 is 5.63 Å². The zero-order valence-electron chi connectivity index (χ0n) is 19.4. The van der Waals surface area contributed by atoms with Crippen molar-refractivity contribution in [2.45, 2.75) is 0 Å². The molecule has 0 bridgehead atoms. The molecular formula is C28H17FN4O4. The highest BCUT2D eigenvalue weighted by Crippen LogP contribution is 2.32. The molecule has 0 saturated carbocycles. The topological polar surface area (TPSA) is 100 Å². The maximum absolute atomic E-state index is 14.1. The fourth-order valence-corrected chi connectivity index (χ4v) is 4.27. The minimum atomic E-state index is -0.677. The van der Waals surface area contributed by atoms with E-state index in [1.807, 2.05) is 12.1 Å². The SMILES string of the molecule is COc1cccc2cc(-c3nn(-c4nc5ncccc5cc4-c4cccc(F)c4)cc3C=O)c(=O)oc12. The zero-order valence-corrected chi connectivity index (χ0v) is 19.4. The molecule has 0 amide bonds. The molecule has 9 heteroatoms. The van der Waals surface area contributed by atoms with Crippen LogP contribution in [0.2, 0.25) is 0 Å². The first-order valence-electron chi connectivity index (χ1n) is 11.2. The van der Waals surface area contributed by atoms with Crippen molar-refractivity contribution in [2.24, 2.45) is 0 Å². The number of rotatable bonds is 5. The number of fused-ring (bicyclic) bond motifs is 2. The standard InChI is InChI=1S/C28H17FN4O4/c1-36-23-9-3-6-17-12-22(28(35)37-25(17)23)24-19(15-34)14-33(32-24)27-21(16-5-2-8-20(29)11-16)13-18-7-4-10-30-26(18)31-27/h2-15H,1H3. The van der Waals surface area contributed by atoms with Crippen molar-refractivity contribution in [3.63, 3.8) is 0 Å². The summed E-state index contributed by atoms with van der Waals surface area (Å²) in [5.41, 5.74) is 1.58. The Balaban J connectivity index is 1.59. The lowest BCUT2D eigenvalue weighted by atomic mass is 10.0. The predicted molar refractivity (Wildman–Crippen MR) is 135 cm³/mol. The Morgan fingerprint density at radius 2 is 1.81 bits per heavy atom. The molecule has 6 rings (SSSR count). The second-order valence-electron chi connectivity index (χ2n) is 8.24. The number of halogens is 1. The van der Waals surface area contributed by atoms with E-state index in [-0.39, 0.29) is 16.8 Å². The summed E-state index contributed by atoms with van der Waals surface area (Å²) in [4.78, 5) is 34.0. The van der Waals surface area contributed by atoms with E-state index in [1.165, 1.54) is 30.1 Å². The van der Waals surface area contributed by atoms with Crippen LogP contribution >= 0.6 is 0 Å². The molecular weight excluding hydrogens is 475 g/mol. The van der Waals surface area contributed by atoms with Crippen molar-refractivity contribution in [2.75, 3.05) is 7.11 Å². The van der Waals surface area contributed by atoms with E-state index in [1.54, 1.807) is 48.7 Å². The molecule has 4 heterocycles. The van der Waals surface area contributed by atoms with Gasteiger partial charge in [0.2, 0.25) is 0 Å². The number of para-hydroxylation sites is 1. The molecule has 0 saturated heterocycles. The summed E-state index contributed by atoms with van der Waals surface area (Å²) in [5.74, 6) is 0.321. The number of aldehydes is 1. The van der Waals surface area contributed by atoms with Gasteiger partial charge in [-0.1, -0.05) is 24.3 Å². The Morgan fingerprint density at radius 1 is 1.00 bits per heavy atom. The second kappa shape index (κ2) is 8.80. The van der Waals surface area contributed by atoms with Crippen LogP contribution in [0.4, 0.5) is 4.39 Å². The molecule has 0 spiro atoms. The molecule has 180 valence electrons. The first kappa shape index (κ1) is 22.3. The van der Waals surface area contributed by atoms with Crippen LogP contribution in [0, 0.1) is 5.82 Å². The Bertz CT molecular complexity index is 1890. The Labute approximate surface area is 208 Å². The molecule has 0 radical (unpaired) electrons. The van der Waals surface area contributed by atoms with E-state index in [2.05, 4.69) is 15.1 Å². The van der Waals surface area contributed by atoms with Crippen LogP contribution < -0.4 is 10.4 Å². The summed E-state index contributed by atoms with van der Waals surface area (Å²) < 4.78 is 26.3. The molecule has 37 heavy (non-hydrogen) atoms. The van der Waals surface area contributed by atoms with Gasteiger partial charge in [-0.05, 0) is 48.0 Å². The van der Waals surface area contributed by atoms with Gasteiger partial charge in [0.05, 0.1) is 18.2 Å². The molecule has 0 aliphatic heterocycles. The number of methoxy groups -OCH3 is 1. The van der Waals surface area contributed by atoms with Gasteiger partial charge in [-0.25, -0.2) is 23.8 Å². The maximum Gasteiger partial charge on any atom is 0.346 e. The van der Waals surface area contributed by atoms with E-state index >= 15 is 0 Å². The van der Waals surface area contributed by atoms with E-state index in [0.29, 0.717) is 45.6 Å². The molecule has 6 aromatic rings. The number of nitrogens with zero attached hydrogens (tertiary/aromatic N) is 4. The van der Waals surface area contributed by atoms with Gasteiger partial charge in [-0.3, -0.25) is 4.79 Å². The number of pyridine rings is 2. The highest BCUT2D eigenvalue weighted by atomic mass is 19.1. The molecule has 0 fully saturated rings. The van der Waals surface area contributed by atoms with Crippen LogP contribution in [-0.2, 0) is 0 Å². The van der Waals surface area contributed by atoms with Gasteiger partial charge in [0.15, 0.2) is 29.1 Å². The lowest BCUT2D eigenvalue weighted by Gasteiger charge is -2.11. The number of benzene rings is 2. The normalized spacial score (nSPS) is 11.2. The minimum absolute atomic E-state index is 0.104. The molecule has 0 unspecified atom stereocenters. The summed E-state index contributed by atoms with van der Waals surface area (Å²) in [6.45, 7) is 0.